The zero-order valence-corrected chi connectivity index (χ0v) is 47.7. The lowest BCUT2D eigenvalue weighted by molar-refractivity contribution is 0.188. The normalized spacial score (nSPS) is 11.8. The van der Waals surface area contributed by atoms with Crippen LogP contribution in [0.3, 0.4) is 0 Å². The Labute approximate surface area is 412 Å². The van der Waals surface area contributed by atoms with Gasteiger partial charge in [0, 0.05) is 78.9 Å². The average Bonchev–Trinajstić information content (AvgIpc) is 4.27. The summed E-state index contributed by atoms with van der Waals surface area (Å²) in [7, 11) is 0. The molecule has 0 amide bonds. The molecule has 0 saturated carbocycles. The largest absolute Gasteiger partial charge is 0.449 e. The molecule has 0 aromatic carbocycles. The first-order chi connectivity index (χ1) is 32.2. The third kappa shape index (κ3) is 70.8. The van der Waals surface area contributed by atoms with Crippen LogP contribution in [-0.2, 0) is 4.74 Å². The molecule has 11 nitrogen and oxygen atoms in total. The van der Waals surface area contributed by atoms with Crippen LogP contribution in [-0.4, -0.2) is 65.3 Å². The number of thiazole rings is 1. The van der Waals surface area contributed by atoms with E-state index in [1.165, 1.54) is 48.1 Å². The molecule has 1 saturated heterocycles. The van der Waals surface area contributed by atoms with Crippen molar-refractivity contribution in [2.75, 3.05) is 13.2 Å². The molecule has 2 N–H and O–H groups in total. The van der Waals surface area contributed by atoms with Gasteiger partial charge in [-0.3, -0.25) is 15.0 Å². The average molecular weight is 943 g/mol. The van der Waals surface area contributed by atoms with Gasteiger partial charge in [0.2, 0.25) is 0 Å². The number of aromatic nitrogens is 8. The van der Waals surface area contributed by atoms with E-state index in [0.29, 0.717) is 6.04 Å². The second-order valence-electron chi connectivity index (χ2n) is 11.5. The van der Waals surface area contributed by atoms with Crippen LogP contribution in [0.4, 0.5) is 0 Å². The number of oxazole rings is 1. The van der Waals surface area contributed by atoms with Crippen molar-refractivity contribution < 1.29 is 9.15 Å². The molecule has 12 heteroatoms. The molecule has 0 spiro atoms. The predicted molar refractivity (Wildman–Crippen MR) is 295 cm³/mol. The molecule has 0 radical (unpaired) electrons. The maximum atomic E-state index is 5.06. The highest BCUT2D eigenvalue weighted by Gasteiger charge is 2.07. The fraction of sp³-hybridized carbons (Fsp3) is 0.574. The summed E-state index contributed by atoms with van der Waals surface area (Å²) < 4.78 is 9.78. The van der Waals surface area contributed by atoms with Crippen molar-refractivity contribution >= 4 is 17.6 Å². The second-order valence-corrected chi connectivity index (χ2v) is 12.6. The topological polar surface area (TPSA) is 144 Å². The Morgan fingerprint density at radius 3 is 1.32 bits per heavy atom. The van der Waals surface area contributed by atoms with Gasteiger partial charge >= 0.3 is 0 Å². The first-order valence-corrected chi connectivity index (χ1v) is 25.5. The van der Waals surface area contributed by atoms with Crippen LogP contribution in [0.15, 0.2) is 108 Å². The first kappa shape index (κ1) is 78.4. The van der Waals surface area contributed by atoms with Gasteiger partial charge in [-0.1, -0.05) is 124 Å². The van der Waals surface area contributed by atoms with E-state index in [9.17, 15) is 0 Å². The number of nitrogens with zero attached hydrogens (tertiary/aromatic N) is 7. The van der Waals surface area contributed by atoms with E-state index < -0.39 is 0 Å². The quantitative estimate of drug-likeness (QED) is 0.153. The van der Waals surface area contributed by atoms with Gasteiger partial charge in [0.25, 0.3) is 0 Å². The lowest BCUT2D eigenvalue weighted by Crippen LogP contribution is -1.88. The number of nitrogens with one attached hydrogen (secondary N) is 2. The summed E-state index contributed by atoms with van der Waals surface area (Å²) in [4.78, 5) is 34.0. The smallest absolute Gasteiger partial charge is 0.180 e. The molecule has 6 aromatic heterocycles. The fourth-order valence-electron chi connectivity index (χ4n) is 3.42. The number of hydrogen-bond donors (Lipinski definition) is 2. The van der Waals surface area contributed by atoms with Crippen LogP contribution in [0.1, 0.15) is 177 Å². The maximum absolute atomic E-state index is 5.06. The minimum absolute atomic E-state index is 0.616. The highest BCUT2D eigenvalue weighted by molar-refractivity contribution is 7.09. The van der Waals surface area contributed by atoms with E-state index in [1.807, 2.05) is 207 Å². The van der Waals surface area contributed by atoms with Crippen LogP contribution in [0.25, 0.3) is 0 Å². The van der Waals surface area contributed by atoms with Gasteiger partial charge in [0.1, 0.15) is 12.1 Å². The van der Waals surface area contributed by atoms with Gasteiger partial charge in [0.15, 0.2) is 6.39 Å². The van der Waals surface area contributed by atoms with Crippen molar-refractivity contribution in [3.05, 3.63) is 132 Å². The van der Waals surface area contributed by atoms with Gasteiger partial charge in [-0.05, 0) is 109 Å². The third-order valence-electron chi connectivity index (χ3n) is 6.23. The molecule has 8 heterocycles. The Morgan fingerprint density at radius 1 is 0.576 bits per heavy atom. The maximum Gasteiger partial charge on any atom is 0.180 e. The second kappa shape index (κ2) is 74.5. The molecule has 2 aliphatic heterocycles. The number of rotatable bonds is 0. The molecule has 6 aromatic rings. The van der Waals surface area contributed by atoms with E-state index in [1.54, 1.807) is 48.6 Å². The van der Waals surface area contributed by atoms with Crippen molar-refractivity contribution in [1.82, 2.24) is 39.9 Å². The number of imidazole rings is 1. The van der Waals surface area contributed by atoms with Gasteiger partial charge in [-0.25, -0.2) is 19.9 Å². The molecule has 2 atom stereocenters. The Morgan fingerprint density at radius 2 is 1.17 bits per heavy atom. The number of hydrogen-bond acceptors (Lipinski definition) is 10. The molecule has 2 unspecified atom stereocenters. The van der Waals surface area contributed by atoms with Crippen LogP contribution >= 0.6 is 11.3 Å². The van der Waals surface area contributed by atoms with Crippen molar-refractivity contribution in [3.8, 4) is 0 Å². The molecule has 0 aliphatic carbocycles. The first-order valence-electron chi connectivity index (χ1n) is 24.6. The Bertz CT molecular complexity index is 1360. The standard InChI is InChI=1S/C6H7N.C5H6N2.C5H9N.C5H7N.C5H10O.C4H6N2.C4H5NO.C4H5NS.8C2H6/c1-6-3-2-4-7-5-6;1-5-2-6-4-7-3-5;2*1-5-3-2-4-6-5;1-5-2-3-6-4-5;3*1-4-2-5-3-6-4;8*1-2/h2-5H,1H3;2-4H,1H3;4-5H,2-3H2,1H3;2-4,6H,1H3;5H,2-4H2,1H3;2-3H,1H3,(H,5,6);2*2-3H,1H3;8*1-2H3. The Balaban J connectivity index is -0.0000000930. The lowest BCUT2D eigenvalue weighted by Gasteiger charge is -1.89. The summed E-state index contributed by atoms with van der Waals surface area (Å²) >= 11 is 1.67. The summed E-state index contributed by atoms with van der Waals surface area (Å²) in [6, 6.07) is 8.57. The molecule has 66 heavy (non-hydrogen) atoms. The zero-order chi connectivity index (χ0) is 52.7. The van der Waals surface area contributed by atoms with Crippen LogP contribution in [0.2, 0.25) is 0 Å². The van der Waals surface area contributed by atoms with Crippen molar-refractivity contribution in [2.24, 2.45) is 10.9 Å². The van der Waals surface area contributed by atoms with Crippen LogP contribution < -0.4 is 0 Å². The fourth-order valence-corrected chi connectivity index (χ4v) is 3.83. The van der Waals surface area contributed by atoms with Crippen LogP contribution in [0.5, 0.6) is 0 Å². The minimum atomic E-state index is 0.616. The highest BCUT2D eigenvalue weighted by atomic mass is 32.1. The van der Waals surface area contributed by atoms with Gasteiger partial charge < -0.3 is 19.1 Å². The van der Waals surface area contributed by atoms with Crippen molar-refractivity contribution in [1.29, 1.82) is 0 Å². The molecular weight excluding hydrogens is 839 g/mol. The van der Waals surface area contributed by atoms with Gasteiger partial charge in [-0.2, -0.15) is 0 Å². The Hall–Kier alpha value is -4.81. The summed E-state index contributed by atoms with van der Waals surface area (Å²) in [5.41, 5.74) is 6.46. The summed E-state index contributed by atoms with van der Waals surface area (Å²) in [6.45, 7) is 50.2. The minimum Gasteiger partial charge on any atom is -0.449 e. The van der Waals surface area contributed by atoms with Crippen molar-refractivity contribution in [3.63, 3.8) is 0 Å². The molecule has 8 rings (SSSR count). The van der Waals surface area contributed by atoms with E-state index in [0.717, 1.165) is 36.1 Å². The monoisotopic (exact) mass is 942 g/mol. The summed E-state index contributed by atoms with van der Waals surface area (Å²) in [6.07, 6.45) is 24.7. The van der Waals surface area contributed by atoms with E-state index >= 15 is 0 Å². The van der Waals surface area contributed by atoms with Gasteiger partial charge in [-0.15, -0.1) is 11.3 Å². The lowest BCUT2D eigenvalue weighted by atomic mass is 10.2. The number of aryl methyl sites for hydroxylation is 6. The summed E-state index contributed by atoms with van der Waals surface area (Å²) in [5.74, 6) is 1.68. The Kier molecular flexibility index (Phi) is 88.5. The summed E-state index contributed by atoms with van der Waals surface area (Å²) in [5, 5.41) is 0. The number of aromatic amines is 2. The van der Waals surface area contributed by atoms with Crippen LogP contribution in [0, 0.1) is 47.5 Å². The number of aliphatic imine (C=N–C) groups is 1. The predicted octanol–water partition coefficient (Wildman–Crippen LogP) is 17.1. The molecule has 1 fully saturated rings. The van der Waals surface area contributed by atoms with E-state index in [-0.39, 0.29) is 0 Å². The zero-order valence-electron chi connectivity index (χ0n) is 46.9. The molecular formula is C54H103N9O2S. The third-order valence-corrected chi connectivity index (χ3v) is 6.93. The number of H-pyrrole nitrogens is 2. The SMILES string of the molecule is CC.CC.CC.CC.CC.CC.CC.CC.CC1CCC=N1.CC1CCOC1.Cc1ccc[nH]1.Cc1cccnc1.Cc1cnc[nH]1.Cc1cncnc1.Cc1cnco1.Cc1cncs1. The number of ether oxygens (including phenoxy) is 1. The molecule has 0 bridgehead atoms. The van der Waals surface area contributed by atoms with E-state index in [2.05, 4.69) is 58.7 Å². The molecule has 2 aliphatic rings. The van der Waals surface area contributed by atoms with Gasteiger partial charge in [0.05, 0.1) is 18.0 Å². The van der Waals surface area contributed by atoms with E-state index in [4.69, 9.17) is 9.15 Å². The highest BCUT2D eigenvalue weighted by Crippen LogP contribution is 2.09. The number of pyridine rings is 1. The molecule has 382 valence electrons. The van der Waals surface area contributed by atoms with Crippen molar-refractivity contribution in [2.45, 2.75) is 191 Å².